The molecule has 1 aliphatic rings. The third-order valence-electron chi connectivity index (χ3n) is 3.40. The van der Waals surface area contributed by atoms with Gasteiger partial charge in [0, 0.05) is 17.0 Å². The van der Waals surface area contributed by atoms with Gasteiger partial charge in [-0.15, -0.1) is 0 Å². The van der Waals surface area contributed by atoms with Crippen LogP contribution in [0.25, 0.3) is 0 Å². The molecule has 92 valence electrons. The number of hydrogen-bond acceptors (Lipinski definition) is 3. The average molecular weight is 234 g/mol. The van der Waals surface area contributed by atoms with E-state index in [0.29, 0.717) is 6.42 Å². The number of anilines is 1. The molecule has 1 fully saturated rings. The minimum Gasteiger partial charge on any atom is -0.376 e. The Morgan fingerprint density at radius 2 is 1.88 bits per heavy atom. The lowest BCUT2D eigenvalue weighted by Crippen LogP contribution is -2.41. The molecule has 4 heteroatoms. The molecule has 0 aliphatic heterocycles. The molecule has 0 saturated heterocycles. The molecule has 0 heterocycles. The Balaban J connectivity index is 2.05. The van der Waals surface area contributed by atoms with Crippen LogP contribution in [0.2, 0.25) is 0 Å². The zero-order chi connectivity index (χ0) is 12.3. The fourth-order valence-corrected chi connectivity index (χ4v) is 2.40. The van der Waals surface area contributed by atoms with Crippen molar-refractivity contribution in [3.8, 4) is 0 Å². The Kier molecular flexibility index (Phi) is 3.61. The first-order chi connectivity index (χ1) is 8.16. The van der Waals surface area contributed by atoms with Crippen molar-refractivity contribution in [3.63, 3.8) is 0 Å². The van der Waals surface area contributed by atoms with Crippen molar-refractivity contribution in [1.29, 1.82) is 0 Å². The summed E-state index contributed by atoms with van der Waals surface area (Å²) in [5, 5.41) is 14.3. The summed E-state index contributed by atoms with van der Waals surface area (Å²) in [6.07, 6.45) is 3.63. The van der Waals surface area contributed by atoms with Gasteiger partial charge in [0.05, 0.1) is 6.04 Å². The Hall–Kier alpha value is -1.58. The maximum atomic E-state index is 11.0. The number of aryl methyl sites for hydroxylation is 1. The lowest BCUT2D eigenvalue weighted by Gasteiger charge is -2.27. The van der Waals surface area contributed by atoms with E-state index < -0.39 is 6.04 Å². The standard InChI is InChI=1S/C13H18N2O2/c1-10-6-8-11(9-7-10)14-12-4-2-3-5-13(12)15(16)17/h6-9,12-14H,2-5H2,1H3/t12-,13-/m1/s1. The van der Waals surface area contributed by atoms with Crippen molar-refractivity contribution in [2.45, 2.75) is 44.7 Å². The highest BCUT2D eigenvalue weighted by Crippen LogP contribution is 2.24. The molecule has 1 N–H and O–H groups in total. The van der Waals surface area contributed by atoms with Gasteiger partial charge in [-0.2, -0.15) is 0 Å². The predicted octanol–water partition coefficient (Wildman–Crippen LogP) is 2.99. The third-order valence-corrected chi connectivity index (χ3v) is 3.40. The zero-order valence-electron chi connectivity index (χ0n) is 10.1. The number of nitro groups is 1. The maximum absolute atomic E-state index is 11.0. The Bertz CT molecular complexity index is 389. The highest BCUT2D eigenvalue weighted by atomic mass is 16.6. The van der Waals surface area contributed by atoms with Crippen LogP contribution in [0.5, 0.6) is 0 Å². The summed E-state index contributed by atoms with van der Waals surface area (Å²) >= 11 is 0. The highest BCUT2D eigenvalue weighted by Gasteiger charge is 2.33. The SMILES string of the molecule is Cc1ccc(N[C@@H]2CCCC[C@H]2[N+](=O)[O-])cc1. The summed E-state index contributed by atoms with van der Waals surface area (Å²) in [5.74, 6) is 0. The molecule has 1 aliphatic carbocycles. The third kappa shape index (κ3) is 2.96. The Labute approximate surface area is 101 Å². The molecule has 4 nitrogen and oxygen atoms in total. The molecule has 1 aromatic carbocycles. The highest BCUT2D eigenvalue weighted by molar-refractivity contribution is 5.45. The fraction of sp³-hybridized carbons (Fsp3) is 0.538. The van der Waals surface area contributed by atoms with E-state index in [9.17, 15) is 10.1 Å². The van der Waals surface area contributed by atoms with Gasteiger partial charge in [0.1, 0.15) is 0 Å². The van der Waals surface area contributed by atoms with Gasteiger partial charge < -0.3 is 5.32 Å². The van der Waals surface area contributed by atoms with Crippen LogP contribution in [0.3, 0.4) is 0 Å². The molecule has 0 spiro atoms. The largest absolute Gasteiger partial charge is 0.376 e. The molecule has 0 radical (unpaired) electrons. The molecule has 0 unspecified atom stereocenters. The first-order valence-corrected chi connectivity index (χ1v) is 6.13. The summed E-state index contributed by atoms with van der Waals surface area (Å²) < 4.78 is 0. The number of rotatable bonds is 3. The van der Waals surface area contributed by atoms with Gasteiger partial charge in [-0.25, -0.2) is 0 Å². The summed E-state index contributed by atoms with van der Waals surface area (Å²) in [4.78, 5) is 10.8. The zero-order valence-corrected chi connectivity index (χ0v) is 10.1. The molecular weight excluding hydrogens is 216 g/mol. The second-order valence-corrected chi connectivity index (χ2v) is 4.75. The van der Waals surface area contributed by atoms with E-state index in [1.54, 1.807) is 0 Å². The van der Waals surface area contributed by atoms with Crippen LogP contribution < -0.4 is 5.32 Å². The summed E-state index contributed by atoms with van der Waals surface area (Å²) in [7, 11) is 0. The topological polar surface area (TPSA) is 55.2 Å². The van der Waals surface area contributed by atoms with E-state index in [1.807, 2.05) is 31.2 Å². The van der Waals surface area contributed by atoms with Crippen molar-refractivity contribution < 1.29 is 4.92 Å². The molecule has 17 heavy (non-hydrogen) atoms. The Morgan fingerprint density at radius 1 is 1.24 bits per heavy atom. The Morgan fingerprint density at radius 3 is 2.53 bits per heavy atom. The van der Waals surface area contributed by atoms with Crippen LogP contribution in [0.4, 0.5) is 5.69 Å². The van der Waals surface area contributed by atoms with E-state index in [0.717, 1.165) is 24.9 Å². The normalized spacial score (nSPS) is 24.3. The smallest absolute Gasteiger partial charge is 0.232 e. The molecule has 0 aromatic heterocycles. The first-order valence-electron chi connectivity index (χ1n) is 6.13. The molecular formula is C13H18N2O2. The van der Waals surface area contributed by atoms with Gasteiger partial charge in [0.25, 0.3) is 0 Å². The summed E-state index contributed by atoms with van der Waals surface area (Å²) in [6.45, 7) is 2.03. The van der Waals surface area contributed by atoms with Crippen LogP contribution in [0, 0.1) is 17.0 Å². The van der Waals surface area contributed by atoms with Crippen LogP contribution in [-0.2, 0) is 0 Å². The van der Waals surface area contributed by atoms with E-state index >= 15 is 0 Å². The van der Waals surface area contributed by atoms with E-state index in [4.69, 9.17) is 0 Å². The van der Waals surface area contributed by atoms with Crippen molar-refractivity contribution in [2.75, 3.05) is 5.32 Å². The quantitative estimate of drug-likeness (QED) is 0.646. The van der Waals surface area contributed by atoms with E-state index in [1.165, 1.54) is 5.56 Å². The van der Waals surface area contributed by atoms with Gasteiger partial charge in [0.2, 0.25) is 6.04 Å². The van der Waals surface area contributed by atoms with Gasteiger partial charge in [0.15, 0.2) is 0 Å². The van der Waals surface area contributed by atoms with Crippen molar-refractivity contribution in [3.05, 3.63) is 39.9 Å². The van der Waals surface area contributed by atoms with Gasteiger partial charge in [-0.3, -0.25) is 10.1 Å². The molecule has 2 atom stereocenters. The van der Waals surface area contributed by atoms with Crippen molar-refractivity contribution >= 4 is 5.69 Å². The minimum absolute atomic E-state index is 0.0264. The van der Waals surface area contributed by atoms with Crippen molar-refractivity contribution in [2.24, 2.45) is 0 Å². The average Bonchev–Trinajstić information content (AvgIpc) is 2.32. The molecule has 0 bridgehead atoms. The number of hydrogen-bond donors (Lipinski definition) is 1. The first kappa shape index (κ1) is 11.9. The molecule has 2 rings (SSSR count). The van der Waals surface area contributed by atoms with E-state index in [2.05, 4.69) is 5.32 Å². The van der Waals surface area contributed by atoms with Crippen LogP contribution in [0.1, 0.15) is 31.2 Å². The summed E-state index contributed by atoms with van der Waals surface area (Å²) in [5.41, 5.74) is 2.18. The van der Waals surface area contributed by atoms with Gasteiger partial charge in [-0.05, 0) is 31.9 Å². The maximum Gasteiger partial charge on any atom is 0.232 e. The van der Waals surface area contributed by atoms with Crippen LogP contribution in [-0.4, -0.2) is 17.0 Å². The number of benzene rings is 1. The number of nitrogens with one attached hydrogen (secondary N) is 1. The lowest BCUT2D eigenvalue weighted by molar-refractivity contribution is -0.527. The monoisotopic (exact) mass is 234 g/mol. The molecule has 0 amide bonds. The minimum atomic E-state index is -0.440. The van der Waals surface area contributed by atoms with Crippen LogP contribution in [0.15, 0.2) is 24.3 Å². The van der Waals surface area contributed by atoms with Gasteiger partial charge in [-0.1, -0.05) is 24.1 Å². The van der Waals surface area contributed by atoms with Gasteiger partial charge >= 0.3 is 0 Å². The molecule has 1 saturated carbocycles. The number of nitrogens with zero attached hydrogens (tertiary/aromatic N) is 1. The predicted molar refractivity (Wildman–Crippen MR) is 67.8 cm³/mol. The second-order valence-electron chi connectivity index (χ2n) is 4.75. The molecule has 1 aromatic rings. The fourth-order valence-electron chi connectivity index (χ4n) is 2.40. The second kappa shape index (κ2) is 5.17. The van der Waals surface area contributed by atoms with Crippen LogP contribution >= 0.6 is 0 Å². The lowest BCUT2D eigenvalue weighted by atomic mass is 9.90. The summed E-state index contributed by atoms with van der Waals surface area (Å²) in [6, 6.07) is 7.55. The van der Waals surface area contributed by atoms with Crippen molar-refractivity contribution in [1.82, 2.24) is 0 Å². The van der Waals surface area contributed by atoms with E-state index in [-0.39, 0.29) is 11.0 Å².